The maximum absolute atomic E-state index is 9.45. The average molecular weight is 182 g/mol. The molecule has 0 rings (SSSR count). The lowest BCUT2D eigenvalue weighted by Gasteiger charge is -1.82. The highest BCUT2D eigenvalue weighted by molar-refractivity contribution is 5.66. The van der Waals surface area contributed by atoms with Crippen molar-refractivity contribution in [3.63, 3.8) is 0 Å². The molecule has 0 saturated carbocycles. The number of guanidine groups is 1. The Morgan fingerprint density at radius 2 is 1.75 bits per heavy atom. The number of rotatable bonds is 1. The zero-order valence-corrected chi connectivity index (χ0v) is 5.67. The van der Waals surface area contributed by atoms with Crippen LogP contribution >= 0.6 is 0 Å². The van der Waals surface area contributed by atoms with Crippen LogP contribution in [0.15, 0.2) is 5.10 Å². The van der Waals surface area contributed by atoms with Crippen molar-refractivity contribution in [2.75, 3.05) is 0 Å². The van der Waals surface area contributed by atoms with E-state index in [0.29, 0.717) is 0 Å². The van der Waals surface area contributed by atoms with Crippen LogP contribution in [0.25, 0.3) is 0 Å². The van der Waals surface area contributed by atoms with E-state index in [1.807, 2.05) is 5.43 Å². The summed E-state index contributed by atoms with van der Waals surface area (Å²) in [5.41, 5.74) is 4.96. The van der Waals surface area contributed by atoms with Crippen LogP contribution in [0.2, 0.25) is 0 Å². The van der Waals surface area contributed by atoms with Crippen LogP contribution in [0.3, 0.4) is 0 Å². The van der Waals surface area contributed by atoms with Gasteiger partial charge in [0.2, 0.25) is 0 Å². The molecule has 70 valence electrons. The number of nitro groups is 1. The molecule has 11 nitrogen and oxygen atoms in total. The molecule has 0 heterocycles. The Morgan fingerprint density at radius 1 is 1.42 bits per heavy atom. The molecule has 0 aromatic heterocycles. The highest BCUT2D eigenvalue weighted by Crippen LogP contribution is 1.62. The number of nitrogens with two attached hydrogens (primary N) is 1. The predicted molar refractivity (Wildman–Crippen MR) is 35.0 cm³/mol. The summed E-state index contributed by atoms with van der Waals surface area (Å²) in [5, 5.41) is 26.0. The third-order valence-electron chi connectivity index (χ3n) is 0.369. The van der Waals surface area contributed by atoms with Gasteiger partial charge in [-0.15, -0.1) is 0 Å². The zero-order chi connectivity index (χ0) is 10.1. The second kappa shape index (κ2) is 7.10. The van der Waals surface area contributed by atoms with Gasteiger partial charge in [0.15, 0.2) is 5.03 Å². The van der Waals surface area contributed by atoms with Gasteiger partial charge in [0.1, 0.15) is 5.10 Å². The monoisotopic (exact) mass is 182 g/mol. The molecule has 0 bridgehead atoms. The minimum absolute atomic E-state index is 0.171. The van der Waals surface area contributed by atoms with Crippen LogP contribution in [0, 0.1) is 25.4 Å². The summed E-state index contributed by atoms with van der Waals surface area (Å²) in [6.45, 7) is 0. The van der Waals surface area contributed by atoms with Crippen molar-refractivity contribution < 1.29 is 15.9 Å². The van der Waals surface area contributed by atoms with Gasteiger partial charge in [-0.2, -0.15) is 0 Å². The zero-order valence-electron chi connectivity index (χ0n) is 5.67. The molecule has 0 aliphatic rings. The lowest BCUT2D eigenvalue weighted by molar-refractivity contribution is -0.491. The molecule has 0 aromatic carbocycles. The molecule has 11 heteroatoms. The van der Waals surface area contributed by atoms with E-state index in [4.69, 9.17) is 15.3 Å². The second-order valence-electron chi connectivity index (χ2n) is 1.15. The van der Waals surface area contributed by atoms with E-state index in [1.54, 1.807) is 0 Å². The van der Waals surface area contributed by atoms with E-state index >= 15 is 0 Å². The van der Waals surface area contributed by atoms with E-state index in [-0.39, 0.29) is 5.96 Å². The summed E-state index contributed by atoms with van der Waals surface area (Å²) in [6, 6.07) is 0. The summed E-state index contributed by atoms with van der Waals surface area (Å²) in [4.78, 5) is 17.7. The van der Waals surface area contributed by atoms with E-state index in [1.165, 1.54) is 0 Å². The van der Waals surface area contributed by atoms with Gasteiger partial charge < -0.3 is 15.3 Å². The Labute approximate surface area is 64.9 Å². The number of nitrogens with one attached hydrogen (secondary N) is 1. The maximum Gasteiger partial charge on any atom is 0.377 e. The molecule has 0 unspecified atom stereocenters. The molecule has 6 N–H and O–H groups in total. The fraction of sp³-hybridized carbons (Fsp3) is 0. The largest absolute Gasteiger partial charge is 0.377 e. The molecule has 0 atom stereocenters. The molecule has 0 fully saturated rings. The SMILES string of the molecule is NN/C([NH3+])=N/[N+](=O)[O-].O=[N+]([O-])[O-]. The van der Waals surface area contributed by atoms with Gasteiger partial charge >= 0.3 is 5.96 Å². The van der Waals surface area contributed by atoms with Crippen LogP contribution in [-0.2, 0) is 0 Å². The van der Waals surface area contributed by atoms with E-state index in [9.17, 15) is 10.1 Å². The van der Waals surface area contributed by atoms with Crippen molar-refractivity contribution >= 4 is 5.96 Å². The number of hydrazone groups is 1. The van der Waals surface area contributed by atoms with Gasteiger partial charge in [-0.1, -0.05) is 0 Å². The van der Waals surface area contributed by atoms with Gasteiger partial charge in [-0.05, 0) is 0 Å². The Hall–Kier alpha value is -2.01. The Balaban J connectivity index is 0. The maximum atomic E-state index is 9.45. The molecule has 0 aliphatic carbocycles. The minimum atomic E-state index is -1.75. The second-order valence-corrected chi connectivity index (χ2v) is 1.15. The molecule has 0 radical (unpaired) electrons. The Bertz CT molecular complexity index is 182. The average Bonchev–Trinajstić information content (AvgIpc) is 1.84. The third-order valence-corrected chi connectivity index (χ3v) is 0.369. The smallest absolute Gasteiger partial charge is 0.356 e. The van der Waals surface area contributed by atoms with Crippen LogP contribution in [0.4, 0.5) is 0 Å². The highest BCUT2D eigenvalue weighted by atomic mass is 16.9. The lowest BCUT2D eigenvalue weighted by Crippen LogP contribution is -2.66. The van der Waals surface area contributed by atoms with Gasteiger partial charge in [0, 0.05) is 0 Å². The molecule has 0 aromatic rings. The molecule has 0 spiro atoms. The number of hydrogen-bond donors (Lipinski definition) is 3. The van der Waals surface area contributed by atoms with Crippen LogP contribution in [0.5, 0.6) is 0 Å². The molecule has 0 amide bonds. The summed E-state index contributed by atoms with van der Waals surface area (Å²) in [5.74, 6) is 4.50. The number of hydrazine groups is 1. The van der Waals surface area contributed by atoms with Crippen molar-refractivity contribution in [2.45, 2.75) is 0 Å². The fourth-order valence-corrected chi connectivity index (χ4v) is 0.127. The Kier molecular flexibility index (Phi) is 7.48. The molecule has 0 aliphatic heterocycles. The number of nitrogens with zero attached hydrogens (tertiary/aromatic N) is 3. The summed E-state index contributed by atoms with van der Waals surface area (Å²) < 4.78 is 0. The van der Waals surface area contributed by atoms with Gasteiger partial charge in [-0.3, -0.25) is 11.2 Å². The first kappa shape index (κ1) is 12.6. The molecule has 12 heavy (non-hydrogen) atoms. The van der Waals surface area contributed by atoms with Crippen molar-refractivity contribution in [1.29, 1.82) is 0 Å². The van der Waals surface area contributed by atoms with E-state index < -0.39 is 10.1 Å². The van der Waals surface area contributed by atoms with Gasteiger partial charge in [0.25, 0.3) is 0 Å². The first-order valence-corrected chi connectivity index (χ1v) is 2.23. The van der Waals surface area contributed by atoms with E-state index in [0.717, 1.165) is 0 Å². The van der Waals surface area contributed by atoms with Crippen LogP contribution in [-0.4, -0.2) is 16.1 Å². The topological polar surface area (TPSA) is 187 Å². The summed E-state index contributed by atoms with van der Waals surface area (Å²) >= 11 is 0. The molecule has 0 saturated heterocycles. The lowest BCUT2D eigenvalue weighted by atomic mass is 11.1. The number of hydrogen-bond acceptors (Lipinski definition) is 6. The van der Waals surface area contributed by atoms with Crippen molar-refractivity contribution in [3.05, 3.63) is 25.4 Å². The minimum Gasteiger partial charge on any atom is -0.356 e. The number of quaternary nitrogens is 1. The summed E-state index contributed by atoms with van der Waals surface area (Å²) in [6.07, 6.45) is 0. The van der Waals surface area contributed by atoms with Crippen LogP contribution in [0.1, 0.15) is 0 Å². The molecular weight excluding hydrogens is 176 g/mol. The van der Waals surface area contributed by atoms with Crippen molar-refractivity contribution in [1.82, 2.24) is 5.43 Å². The van der Waals surface area contributed by atoms with Gasteiger partial charge in [0.05, 0.1) is 5.09 Å². The highest BCUT2D eigenvalue weighted by Gasteiger charge is 1.96. The first-order valence-electron chi connectivity index (χ1n) is 2.23. The Morgan fingerprint density at radius 3 is 1.83 bits per heavy atom. The normalized spacial score (nSPS) is 9.33. The quantitative estimate of drug-likeness (QED) is 0.126. The molecular formula is CH6N6O5. The van der Waals surface area contributed by atoms with E-state index in [2.05, 4.69) is 16.7 Å². The van der Waals surface area contributed by atoms with Crippen LogP contribution < -0.4 is 17.0 Å². The first-order chi connectivity index (χ1) is 5.40. The summed E-state index contributed by atoms with van der Waals surface area (Å²) in [7, 11) is 0. The standard InChI is InChI=1S/CH5N5O2.NO3/c2-1(4-3)5-6(7)8;2-1(3)4/h3H2,(H3,2,4,5);/q;-1/p+1. The van der Waals surface area contributed by atoms with Crippen molar-refractivity contribution in [2.24, 2.45) is 10.9 Å². The third kappa shape index (κ3) is 24.5. The predicted octanol–water partition coefficient (Wildman–Crippen LogP) is -3.00. The van der Waals surface area contributed by atoms with Gasteiger partial charge in [-0.25, -0.2) is 16.0 Å². The van der Waals surface area contributed by atoms with Crippen molar-refractivity contribution in [3.8, 4) is 0 Å². The fourth-order valence-electron chi connectivity index (χ4n) is 0.127.